The summed E-state index contributed by atoms with van der Waals surface area (Å²) in [5.74, 6) is -4.64. The predicted molar refractivity (Wildman–Crippen MR) is 297 cm³/mol. The number of ketones is 1. The van der Waals surface area contributed by atoms with Gasteiger partial charge >= 0.3 is 5.97 Å². The Bertz CT molecular complexity index is 2250. The van der Waals surface area contributed by atoms with E-state index in [9.17, 15) is 45.0 Å². The van der Waals surface area contributed by atoms with E-state index < -0.39 is 130 Å². The van der Waals surface area contributed by atoms with Crippen molar-refractivity contribution in [2.75, 3.05) is 40.8 Å². The highest BCUT2D eigenvalue weighted by Crippen LogP contribution is 2.69. The fourth-order valence-corrected chi connectivity index (χ4v) is 16.6. The van der Waals surface area contributed by atoms with Crippen LogP contribution in [0.3, 0.4) is 0 Å². The van der Waals surface area contributed by atoms with Crippen LogP contribution in [0.5, 0.6) is 0 Å². The number of nitrogens with zero attached hydrogens (tertiary/aromatic N) is 2. The van der Waals surface area contributed by atoms with Gasteiger partial charge in [0.2, 0.25) is 5.91 Å². The molecule has 0 aromatic carbocycles. The summed E-state index contributed by atoms with van der Waals surface area (Å²) in [6.07, 6.45) is -4.10. The first-order valence-electron chi connectivity index (χ1n) is 30.0. The zero-order valence-corrected chi connectivity index (χ0v) is 50.9. The zero-order chi connectivity index (χ0) is 59.6. The largest absolute Gasteiger partial charge is 0.459 e. The quantitative estimate of drug-likeness (QED) is 0.100. The Balaban J connectivity index is 1.15. The lowest BCUT2D eigenvalue weighted by Crippen LogP contribution is -2.67. The number of rotatable bonds is 12. The van der Waals surface area contributed by atoms with E-state index in [0.717, 1.165) is 0 Å². The number of amides is 1. The highest BCUT2D eigenvalue weighted by molar-refractivity contribution is 6.01. The van der Waals surface area contributed by atoms with Crippen molar-refractivity contribution in [3.63, 3.8) is 0 Å². The summed E-state index contributed by atoms with van der Waals surface area (Å²) in [5, 5.41) is 75.9. The normalized spacial score (nSPS) is 49.9. The van der Waals surface area contributed by atoms with Crippen LogP contribution in [0.15, 0.2) is 23.8 Å². The number of aliphatic hydroxyl groups is 6. The number of carbonyl (C=O) groups is 3. The average molecular weight is 1140 g/mol. The van der Waals surface area contributed by atoms with Crippen LogP contribution in [-0.2, 0) is 42.8 Å². The third-order valence-corrected chi connectivity index (χ3v) is 21.2. The first-order chi connectivity index (χ1) is 37.1. The summed E-state index contributed by atoms with van der Waals surface area (Å²) >= 11 is 0. The van der Waals surface area contributed by atoms with Gasteiger partial charge in [-0.25, -0.2) is 4.39 Å². The van der Waals surface area contributed by atoms with E-state index in [1.165, 1.54) is 26.2 Å². The maximum Gasteiger partial charge on any atom is 0.311 e. The molecule has 26 atom stereocenters. The Morgan fingerprint density at radius 3 is 2.23 bits per heavy atom. The van der Waals surface area contributed by atoms with Gasteiger partial charge in [0.25, 0.3) is 0 Å². The van der Waals surface area contributed by atoms with E-state index in [-0.39, 0.29) is 73.8 Å². The number of hydrogen-bond acceptors (Lipinski definition) is 17. The van der Waals surface area contributed by atoms with Gasteiger partial charge in [0.1, 0.15) is 30.0 Å². The Labute approximate surface area is 475 Å². The summed E-state index contributed by atoms with van der Waals surface area (Å²) in [5.41, 5.74) is -7.87. The molecule has 7 N–H and O–H groups in total. The van der Waals surface area contributed by atoms with Gasteiger partial charge in [-0.05, 0) is 156 Å². The number of ether oxygens (including phenoxy) is 6. The Hall–Kier alpha value is -2.50. The van der Waals surface area contributed by atoms with Crippen molar-refractivity contribution in [3.8, 4) is 0 Å². The molecule has 0 unspecified atom stereocenters. The molecule has 0 bridgehead atoms. The van der Waals surface area contributed by atoms with Gasteiger partial charge in [0.05, 0.1) is 47.6 Å². The molecule has 6 fully saturated rings. The van der Waals surface area contributed by atoms with Gasteiger partial charge in [-0.3, -0.25) is 19.3 Å². The number of nitrogens with one attached hydrogen (secondary N) is 1. The SMILES string of the molecule is CC[C@H]1OC(=O)[C@H](C)[C@@H](O[C@H]2C[C@@](C)(OC)[C@@H](O)[C@H](C)O2)[C@H](C)[C@@H](O[C@@H]2O[C@H](C)C[C@H](N(C)C)[C@H]2O)[C@](C)(O)C[C@@H](C)CN(CCCNC(=O)[C@H]2[C@H](C)C[C@H]3[C@@H]4CCC5=CC(=O)C=C[C@]5(C)[C@@]4(F)[C@@H](O)C[C@@]32C)[C@H](C)[C@@H](O)[C@]1(C)O. The molecule has 0 aromatic heterocycles. The molecule has 3 heterocycles. The van der Waals surface area contributed by atoms with Crippen LogP contribution in [0.1, 0.15) is 148 Å². The van der Waals surface area contributed by atoms with E-state index in [0.29, 0.717) is 50.8 Å². The second-order valence-electron chi connectivity index (χ2n) is 27.4. The number of fused-ring (bicyclic) bond motifs is 5. The van der Waals surface area contributed by atoms with E-state index in [4.69, 9.17) is 28.4 Å². The van der Waals surface area contributed by atoms with Crippen molar-refractivity contribution >= 4 is 17.7 Å². The maximum atomic E-state index is 17.9. The summed E-state index contributed by atoms with van der Waals surface area (Å²) in [6.45, 7) is 24.1. The minimum atomic E-state index is -2.00. The molecule has 3 saturated carbocycles. The molecule has 458 valence electrons. The second-order valence-corrected chi connectivity index (χ2v) is 27.4. The third-order valence-electron chi connectivity index (χ3n) is 21.2. The Morgan fingerprint density at radius 1 is 0.912 bits per heavy atom. The van der Waals surface area contributed by atoms with Crippen molar-refractivity contribution in [2.24, 2.45) is 52.3 Å². The number of aliphatic hydroxyl groups excluding tert-OH is 4. The van der Waals surface area contributed by atoms with E-state index in [2.05, 4.69) is 5.32 Å². The summed E-state index contributed by atoms with van der Waals surface area (Å²) in [4.78, 5) is 45.6. The fourth-order valence-electron chi connectivity index (χ4n) is 16.6. The lowest BCUT2D eigenvalue weighted by Gasteiger charge is -2.61. The Kier molecular flexibility index (Phi) is 19.9. The van der Waals surface area contributed by atoms with Crippen LogP contribution in [0.2, 0.25) is 0 Å². The smallest absolute Gasteiger partial charge is 0.311 e. The number of carbonyl (C=O) groups excluding carboxylic acids is 3. The van der Waals surface area contributed by atoms with Crippen LogP contribution >= 0.6 is 0 Å². The molecule has 19 heteroatoms. The molecule has 0 spiro atoms. The van der Waals surface area contributed by atoms with Gasteiger partial charge in [-0.15, -0.1) is 0 Å². The van der Waals surface area contributed by atoms with Crippen molar-refractivity contribution in [3.05, 3.63) is 23.8 Å². The minimum Gasteiger partial charge on any atom is -0.459 e. The number of esters is 1. The van der Waals surface area contributed by atoms with Crippen molar-refractivity contribution in [2.45, 2.75) is 250 Å². The van der Waals surface area contributed by atoms with E-state index in [1.807, 2.05) is 51.6 Å². The number of cyclic esters (lactones) is 1. The van der Waals surface area contributed by atoms with Crippen molar-refractivity contribution in [1.82, 2.24) is 15.1 Å². The lowest BCUT2D eigenvalue weighted by atomic mass is 9.45. The first kappa shape index (κ1) is 65.1. The molecule has 7 rings (SSSR count). The molecular formula is C61H102FN3O15. The van der Waals surface area contributed by atoms with Gasteiger partial charge in [0.15, 0.2) is 24.0 Å². The molecule has 80 heavy (non-hydrogen) atoms. The number of methoxy groups -OCH3 is 1. The topological polar surface area (TPSA) is 246 Å². The van der Waals surface area contributed by atoms with Gasteiger partial charge in [-0.1, -0.05) is 46.3 Å². The fraction of sp³-hybridized carbons (Fsp3) is 0.885. The van der Waals surface area contributed by atoms with Crippen LogP contribution in [0.4, 0.5) is 4.39 Å². The van der Waals surface area contributed by atoms with Gasteiger partial charge in [-0.2, -0.15) is 0 Å². The Morgan fingerprint density at radius 2 is 1.59 bits per heavy atom. The van der Waals surface area contributed by atoms with Crippen LogP contribution < -0.4 is 5.32 Å². The van der Waals surface area contributed by atoms with Crippen LogP contribution in [0, 0.1) is 52.3 Å². The number of allylic oxidation sites excluding steroid dienone is 4. The van der Waals surface area contributed by atoms with Gasteiger partial charge < -0.3 is 69.3 Å². The molecule has 1 amide bonds. The number of alkyl halides is 1. The number of likely N-dealkylation sites (N-methyl/N-ethyl adjacent to an activating group) is 1. The highest BCUT2D eigenvalue weighted by atomic mass is 19.1. The van der Waals surface area contributed by atoms with Gasteiger partial charge in [0, 0.05) is 68.4 Å². The first-order valence-corrected chi connectivity index (χ1v) is 30.0. The molecule has 18 nitrogen and oxygen atoms in total. The second kappa shape index (κ2) is 24.5. The van der Waals surface area contributed by atoms with Crippen molar-refractivity contribution in [1.29, 1.82) is 0 Å². The molecule has 0 aromatic rings. The van der Waals surface area contributed by atoms with E-state index >= 15 is 4.39 Å². The highest BCUT2D eigenvalue weighted by Gasteiger charge is 2.72. The maximum absolute atomic E-state index is 17.9. The minimum absolute atomic E-state index is 0.0779. The molecule has 3 aliphatic heterocycles. The summed E-state index contributed by atoms with van der Waals surface area (Å²) < 4.78 is 56.2. The molecule has 3 saturated heterocycles. The van der Waals surface area contributed by atoms with Crippen molar-refractivity contribution < 1.29 is 77.8 Å². The molecule has 0 radical (unpaired) electrons. The number of halogens is 1. The third kappa shape index (κ3) is 12.0. The molecule has 7 aliphatic rings. The molecule has 4 aliphatic carbocycles. The summed E-state index contributed by atoms with van der Waals surface area (Å²) in [6, 6.07) is -1.10. The summed E-state index contributed by atoms with van der Waals surface area (Å²) in [7, 11) is 5.23. The van der Waals surface area contributed by atoms with Crippen LogP contribution in [0.25, 0.3) is 0 Å². The lowest BCUT2D eigenvalue weighted by molar-refractivity contribution is -0.318. The average Bonchev–Trinajstić information content (AvgIpc) is 3.64. The number of hydrogen-bond donors (Lipinski definition) is 7. The van der Waals surface area contributed by atoms with E-state index in [1.54, 1.807) is 61.5 Å². The monoisotopic (exact) mass is 1140 g/mol. The zero-order valence-electron chi connectivity index (χ0n) is 50.9. The predicted octanol–water partition coefficient (Wildman–Crippen LogP) is 5.01. The standard InChI is InChI=1S/C61H102FN3O15/c1-17-45-60(13,74)50(69)37(7)65(24-18-23-63-53(71)47-33(3)25-42-41-20-19-39-27-40(66)21-22-57(39,10)61(41,62)44(67)29-56(42,47)9)31-32(2)28-58(11,73)52(80-55-48(68)43(64(14)15)26-34(4)76-55)35(5)49(36(6)54(72)78-45)79-46-30-59(12,75-16)51(70)38(8)77-46/h21-22,27,32-38,41-52,55,67-70,73-74H,17-20,23-26,28-31H2,1-16H3,(H,63,71)/t32-,33-,34-,35+,36-,37-,38+,41+,42+,43+,44+,45-,46+,47-,48-,49+,50-,51+,52-,55+,56+,57+,58-,59-,60-,61+/m1/s1. The van der Waals surface area contributed by atoms with Crippen LogP contribution in [-0.4, -0.2) is 201 Å². The molecular weight excluding hydrogens is 1030 g/mol.